The quantitative estimate of drug-likeness (QED) is 0.829. The molecule has 15 heavy (non-hydrogen) atoms. The van der Waals surface area contributed by atoms with Crippen LogP contribution in [-0.2, 0) is 0 Å². The van der Waals surface area contributed by atoms with Crippen molar-refractivity contribution in [2.45, 2.75) is 12.5 Å². The first-order valence-electron chi connectivity index (χ1n) is 4.46. The van der Waals surface area contributed by atoms with Crippen molar-refractivity contribution in [1.82, 2.24) is 9.97 Å². The first kappa shape index (κ1) is 12.5. The summed E-state index contributed by atoms with van der Waals surface area (Å²) in [5, 5.41) is 13.3. The molecule has 0 amide bonds. The predicted molar refractivity (Wildman–Crippen MR) is 64.5 cm³/mol. The summed E-state index contributed by atoms with van der Waals surface area (Å²) in [6.07, 6.45) is 4.98. The van der Waals surface area contributed by atoms with Gasteiger partial charge in [-0.15, -0.1) is 0 Å². The van der Waals surface area contributed by atoms with Gasteiger partial charge in [0, 0.05) is 12.3 Å². The second-order valence-electron chi connectivity index (χ2n) is 3.51. The summed E-state index contributed by atoms with van der Waals surface area (Å²) < 4.78 is 0. The lowest BCUT2D eigenvalue weighted by atomic mass is 10.1. The topological polar surface area (TPSA) is 58.0 Å². The maximum Gasteiger partial charge on any atom is 0.222 e. The average Bonchev–Trinajstić information content (AvgIpc) is 2.17. The molecule has 1 aromatic heterocycles. The van der Waals surface area contributed by atoms with E-state index in [4.69, 9.17) is 11.6 Å². The molecular formula is C9H14ClN3OS. The van der Waals surface area contributed by atoms with E-state index in [9.17, 15) is 5.11 Å². The van der Waals surface area contributed by atoms with E-state index in [1.807, 2.05) is 6.26 Å². The number of thioether (sulfide) groups is 1. The van der Waals surface area contributed by atoms with Crippen LogP contribution in [0.2, 0.25) is 5.02 Å². The molecule has 0 aliphatic heterocycles. The van der Waals surface area contributed by atoms with Crippen molar-refractivity contribution < 1.29 is 5.11 Å². The zero-order valence-electron chi connectivity index (χ0n) is 8.70. The van der Waals surface area contributed by atoms with Crippen LogP contribution in [0.1, 0.15) is 6.92 Å². The van der Waals surface area contributed by atoms with Crippen LogP contribution in [0.5, 0.6) is 0 Å². The average molecular weight is 248 g/mol. The molecule has 4 nitrogen and oxygen atoms in total. The largest absolute Gasteiger partial charge is 0.387 e. The highest BCUT2D eigenvalue weighted by molar-refractivity contribution is 7.98. The fraction of sp³-hybridized carbons (Fsp3) is 0.556. The third-order valence-corrected chi connectivity index (χ3v) is 2.81. The Kier molecular flexibility index (Phi) is 4.63. The van der Waals surface area contributed by atoms with Crippen LogP contribution >= 0.6 is 23.4 Å². The molecule has 0 saturated heterocycles. The zero-order chi connectivity index (χ0) is 11.3. The summed E-state index contributed by atoms with van der Waals surface area (Å²) in [4.78, 5) is 7.94. The van der Waals surface area contributed by atoms with Crippen LogP contribution in [0.3, 0.4) is 0 Å². The third-order valence-electron chi connectivity index (χ3n) is 1.70. The Balaban J connectivity index is 2.46. The third kappa shape index (κ3) is 4.68. The van der Waals surface area contributed by atoms with Crippen molar-refractivity contribution in [2.24, 2.45) is 0 Å². The van der Waals surface area contributed by atoms with E-state index in [1.165, 1.54) is 12.4 Å². The van der Waals surface area contributed by atoms with Gasteiger partial charge in [-0.2, -0.15) is 11.8 Å². The van der Waals surface area contributed by atoms with Crippen molar-refractivity contribution in [3.05, 3.63) is 17.4 Å². The highest BCUT2D eigenvalue weighted by Gasteiger charge is 2.19. The Morgan fingerprint density at radius 2 is 2.13 bits per heavy atom. The lowest BCUT2D eigenvalue weighted by Gasteiger charge is -2.22. The fourth-order valence-electron chi connectivity index (χ4n) is 1.04. The van der Waals surface area contributed by atoms with Gasteiger partial charge in [0.2, 0.25) is 5.95 Å². The van der Waals surface area contributed by atoms with Gasteiger partial charge in [0.25, 0.3) is 0 Å². The Labute approximate surface area is 98.5 Å². The number of hydrogen-bond acceptors (Lipinski definition) is 5. The second-order valence-corrected chi connectivity index (χ2v) is 4.81. The van der Waals surface area contributed by atoms with Crippen molar-refractivity contribution in [1.29, 1.82) is 0 Å². The molecule has 1 rings (SSSR count). The minimum Gasteiger partial charge on any atom is -0.387 e. The monoisotopic (exact) mass is 247 g/mol. The normalized spacial score (nSPS) is 14.7. The number of nitrogens with zero attached hydrogens (tertiary/aromatic N) is 2. The van der Waals surface area contributed by atoms with Gasteiger partial charge in [-0.05, 0) is 13.2 Å². The first-order valence-corrected chi connectivity index (χ1v) is 6.23. The van der Waals surface area contributed by atoms with Gasteiger partial charge in [0.1, 0.15) is 0 Å². The summed E-state index contributed by atoms with van der Waals surface area (Å²) >= 11 is 7.24. The van der Waals surface area contributed by atoms with Gasteiger partial charge in [-0.3, -0.25) is 0 Å². The van der Waals surface area contributed by atoms with Crippen LogP contribution in [0.4, 0.5) is 5.95 Å². The summed E-state index contributed by atoms with van der Waals surface area (Å²) in [7, 11) is 0. The predicted octanol–water partition coefficient (Wildman–Crippen LogP) is 1.66. The van der Waals surface area contributed by atoms with Crippen molar-refractivity contribution >= 4 is 29.3 Å². The number of anilines is 1. The van der Waals surface area contributed by atoms with Crippen molar-refractivity contribution in [2.75, 3.05) is 23.9 Å². The Morgan fingerprint density at radius 1 is 1.53 bits per heavy atom. The first-order chi connectivity index (χ1) is 7.03. The molecule has 1 unspecified atom stereocenters. The van der Waals surface area contributed by atoms with Gasteiger partial charge < -0.3 is 10.4 Å². The molecule has 84 valence electrons. The van der Waals surface area contributed by atoms with Gasteiger partial charge in [0.05, 0.1) is 23.0 Å². The van der Waals surface area contributed by atoms with Gasteiger partial charge in [-0.1, -0.05) is 11.6 Å². The SMILES string of the molecule is CSCC(C)(O)CNc1ncc(Cl)cn1. The molecular weight excluding hydrogens is 234 g/mol. The molecule has 0 bridgehead atoms. The standard InChI is InChI=1S/C9H14ClN3OS/c1-9(14,6-15-2)5-13-8-11-3-7(10)4-12-8/h3-4,14H,5-6H2,1-2H3,(H,11,12,13). The number of halogens is 1. The molecule has 1 aromatic rings. The summed E-state index contributed by atoms with van der Waals surface area (Å²) in [6, 6.07) is 0. The van der Waals surface area contributed by atoms with E-state index in [0.717, 1.165) is 0 Å². The maximum absolute atomic E-state index is 9.87. The maximum atomic E-state index is 9.87. The fourth-order valence-corrected chi connectivity index (χ4v) is 1.86. The minimum atomic E-state index is -0.761. The molecule has 0 aliphatic carbocycles. The lowest BCUT2D eigenvalue weighted by molar-refractivity contribution is 0.0995. The van der Waals surface area contributed by atoms with Crippen LogP contribution in [0.15, 0.2) is 12.4 Å². The van der Waals surface area contributed by atoms with Crippen LogP contribution in [0, 0.1) is 0 Å². The number of rotatable bonds is 5. The molecule has 6 heteroatoms. The minimum absolute atomic E-state index is 0.412. The molecule has 1 atom stereocenters. The number of nitrogens with one attached hydrogen (secondary N) is 1. The highest BCUT2D eigenvalue weighted by atomic mass is 35.5. The summed E-state index contributed by atoms with van der Waals surface area (Å²) in [5.74, 6) is 1.13. The summed E-state index contributed by atoms with van der Waals surface area (Å²) in [5.41, 5.74) is -0.761. The number of aliphatic hydroxyl groups is 1. The van der Waals surface area contributed by atoms with Gasteiger partial charge in [-0.25, -0.2) is 9.97 Å². The van der Waals surface area contributed by atoms with Crippen LogP contribution < -0.4 is 5.32 Å². The molecule has 1 heterocycles. The van der Waals surface area contributed by atoms with E-state index in [1.54, 1.807) is 18.7 Å². The van der Waals surface area contributed by atoms with Crippen LogP contribution in [0.25, 0.3) is 0 Å². The van der Waals surface area contributed by atoms with E-state index in [-0.39, 0.29) is 0 Å². The number of aromatic nitrogens is 2. The molecule has 0 saturated carbocycles. The van der Waals surface area contributed by atoms with E-state index in [2.05, 4.69) is 15.3 Å². The van der Waals surface area contributed by atoms with Crippen molar-refractivity contribution in [3.63, 3.8) is 0 Å². The summed E-state index contributed by atoms with van der Waals surface area (Å²) in [6.45, 7) is 2.18. The molecule has 0 radical (unpaired) electrons. The second kappa shape index (κ2) is 5.53. The molecule has 0 aliphatic rings. The van der Waals surface area contributed by atoms with E-state index in [0.29, 0.717) is 23.3 Å². The Morgan fingerprint density at radius 3 is 2.67 bits per heavy atom. The smallest absolute Gasteiger partial charge is 0.222 e. The Bertz CT molecular complexity index is 305. The molecule has 0 aromatic carbocycles. The van der Waals surface area contributed by atoms with E-state index < -0.39 is 5.60 Å². The molecule has 0 spiro atoms. The Hall–Kier alpha value is -0.520. The van der Waals surface area contributed by atoms with Crippen molar-refractivity contribution in [3.8, 4) is 0 Å². The lowest BCUT2D eigenvalue weighted by Crippen LogP contribution is -2.36. The van der Waals surface area contributed by atoms with E-state index >= 15 is 0 Å². The van der Waals surface area contributed by atoms with Gasteiger partial charge >= 0.3 is 0 Å². The van der Waals surface area contributed by atoms with Crippen LogP contribution in [-0.4, -0.2) is 39.2 Å². The zero-order valence-corrected chi connectivity index (χ0v) is 10.3. The highest BCUT2D eigenvalue weighted by Crippen LogP contribution is 2.11. The molecule has 2 N–H and O–H groups in total. The number of hydrogen-bond donors (Lipinski definition) is 2. The van der Waals surface area contributed by atoms with Gasteiger partial charge in [0.15, 0.2) is 0 Å². The molecule has 0 fully saturated rings.